The number of non-ortho nitro benzene ring substituents is 1. The molecule has 30 heavy (non-hydrogen) atoms. The highest BCUT2D eigenvalue weighted by Crippen LogP contribution is 2.35. The summed E-state index contributed by atoms with van der Waals surface area (Å²) >= 11 is 0. The smallest absolute Gasteiger partial charge is 0.269 e. The van der Waals surface area contributed by atoms with Crippen LogP contribution in [0.25, 0.3) is 6.08 Å². The van der Waals surface area contributed by atoms with E-state index in [4.69, 9.17) is 9.47 Å². The van der Waals surface area contributed by atoms with Crippen molar-refractivity contribution in [1.29, 1.82) is 0 Å². The van der Waals surface area contributed by atoms with Crippen LogP contribution in [0.4, 0.5) is 5.69 Å². The molecule has 1 amide bonds. The van der Waals surface area contributed by atoms with Gasteiger partial charge >= 0.3 is 0 Å². The van der Waals surface area contributed by atoms with Crippen molar-refractivity contribution in [3.8, 4) is 11.5 Å². The molecule has 7 nitrogen and oxygen atoms in total. The monoisotopic (exact) mass is 410 g/mol. The van der Waals surface area contributed by atoms with E-state index in [9.17, 15) is 14.9 Å². The molecule has 2 aromatic rings. The summed E-state index contributed by atoms with van der Waals surface area (Å²) in [6.07, 6.45) is 4.16. The van der Waals surface area contributed by atoms with Gasteiger partial charge in [-0.2, -0.15) is 0 Å². The summed E-state index contributed by atoms with van der Waals surface area (Å²) in [6.45, 7) is 6.29. The van der Waals surface area contributed by atoms with E-state index in [1.807, 2.05) is 32.9 Å². The Balaban J connectivity index is 1.79. The fourth-order valence-electron chi connectivity index (χ4n) is 3.46. The SMILES string of the molecule is CCOc1cc2c(cc1/C=C/C(=O)N(C)[C@H](C)c1cccc([N+](=O)[O-])c1)O[C@@H](C)C2. The standard InChI is InChI=1S/C23H26N2O5/c1-5-29-21-14-19-11-15(2)30-22(19)13-18(21)9-10-23(26)24(4)16(3)17-7-6-8-20(12-17)25(27)28/h6-10,12-16H,5,11H2,1-4H3/b10-9+/t15-,16+/m0/s1. The molecule has 2 aromatic carbocycles. The molecule has 0 aliphatic carbocycles. The molecular formula is C23H26N2O5. The van der Waals surface area contributed by atoms with Crippen LogP contribution in [0.3, 0.4) is 0 Å². The predicted octanol–water partition coefficient (Wildman–Crippen LogP) is 4.55. The average molecular weight is 410 g/mol. The Morgan fingerprint density at radius 2 is 2.17 bits per heavy atom. The topological polar surface area (TPSA) is 81.9 Å². The van der Waals surface area contributed by atoms with Crippen molar-refractivity contribution in [1.82, 2.24) is 4.90 Å². The zero-order chi connectivity index (χ0) is 21.8. The molecule has 0 saturated heterocycles. The zero-order valence-corrected chi connectivity index (χ0v) is 17.6. The molecule has 0 fully saturated rings. The van der Waals surface area contributed by atoms with Crippen molar-refractivity contribution in [2.45, 2.75) is 39.3 Å². The Labute approximate surface area is 176 Å². The van der Waals surface area contributed by atoms with E-state index in [2.05, 4.69) is 0 Å². The second-order valence-electron chi connectivity index (χ2n) is 7.37. The van der Waals surface area contributed by atoms with Crippen molar-refractivity contribution in [2.75, 3.05) is 13.7 Å². The number of amides is 1. The summed E-state index contributed by atoms with van der Waals surface area (Å²) in [5, 5.41) is 11.0. The molecule has 0 aromatic heterocycles. The number of nitro groups is 1. The first-order valence-corrected chi connectivity index (χ1v) is 9.95. The van der Waals surface area contributed by atoms with Gasteiger partial charge in [0.05, 0.1) is 17.6 Å². The van der Waals surface area contributed by atoms with Gasteiger partial charge in [0, 0.05) is 42.8 Å². The summed E-state index contributed by atoms with van der Waals surface area (Å²) in [4.78, 5) is 24.9. The Hall–Kier alpha value is -3.35. The van der Waals surface area contributed by atoms with Crippen LogP contribution in [0.15, 0.2) is 42.5 Å². The number of carbonyl (C=O) groups is 1. The summed E-state index contributed by atoms with van der Waals surface area (Å²) < 4.78 is 11.6. The third-order valence-electron chi connectivity index (χ3n) is 5.23. The lowest BCUT2D eigenvalue weighted by Crippen LogP contribution is -2.28. The Morgan fingerprint density at radius 3 is 2.87 bits per heavy atom. The number of hydrogen-bond acceptors (Lipinski definition) is 5. The number of nitro benzene ring substituents is 1. The van der Waals surface area contributed by atoms with Gasteiger partial charge in [0.15, 0.2) is 0 Å². The molecule has 3 rings (SSSR count). The van der Waals surface area contributed by atoms with Crippen LogP contribution >= 0.6 is 0 Å². The third-order valence-corrected chi connectivity index (χ3v) is 5.23. The molecular weight excluding hydrogens is 384 g/mol. The van der Waals surface area contributed by atoms with Crippen LogP contribution in [-0.2, 0) is 11.2 Å². The first-order valence-electron chi connectivity index (χ1n) is 9.95. The first-order chi connectivity index (χ1) is 14.3. The fraction of sp³-hybridized carbons (Fsp3) is 0.348. The lowest BCUT2D eigenvalue weighted by Gasteiger charge is -2.24. The maximum absolute atomic E-state index is 12.7. The fourth-order valence-corrected chi connectivity index (χ4v) is 3.46. The number of likely N-dealkylation sites (N-methyl/N-ethyl adjacent to an activating group) is 1. The maximum Gasteiger partial charge on any atom is 0.269 e. The van der Waals surface area contributed by atoms with Gasteiger partial charge in [-0.3, -0.25) is 14.9 Å². The second-order valence-corrected chi connectivity index (χ2v) is 7.37. The largest absolute Gasteiger partial charge is 0.493 e. The van der Waals surface area contributed by atoms with Crippen LogP contribution in [0.5, 0.6) is 11.5 Å². The highest BCUT2D eigenvalue weighted by molar-refractivity contribution is 5.92. The lowest BCUT2D eigenvalue weighted by atomic mass is 10.1. The summed E-state index contributed by atoms with van der Waals surface area (Å²) in [7, 11) is 1.67. The summed E-state index contributed by atoms with van der Waals surface area (Å²) in [5.41, 5.74) is 2.58. The molecule has 0 radical (unpaired) electrons. The van der Waals surface area contributed by atoms with Gasteiger partial charge in [-0.15, -0.1) is 0 Å². The normalized spacial score (nSPS) is 16.1. The number of hydrogen-bond donors (Lipinski definition) is 0. The molecule has 0 N–H and O–H groups in total. The minimum absolute atomic E-state index is 0.00414. The van der Waals surface area contributed by atoms with Gasteiger partial charge < -0.3 is 14.4 Å². The van der Waals surface area contributed by atoms with Crippen molar-refractivity contribution in [3.63, 3.8) is 0 Å². The van der Waals surface area contributed by atoms with Crippen molar-refractivity contribution in [3.05, 3.63) is 69.3 Å². The number of nitrogens with zero attached hydrogens (tertiary/aromatic N) is 2. The predicted molar refractivity (Wildman–Crippen MR) is 115 cm³/mol. The number of benzene rings is 2. The van der Waals surface area contributed by atoms with Crippen molar-refractivity contribution in [2.24, 2.45) is 0 Å². The first kappa shape index (κ1) is 21.4. The van der Waals surface area contributed by atoms with Crippen LogP contribution in [0.2, 0.25) is 0 Å². The number of carbonyl (C=O) groups excluding carboxylic acids is 1. The molecule has 1 aliphatic heterocycles. The zero-order valence-electron chi connectivity index (χ0n) is 17.6. The Bertz CT molecular complexity index is 986. The third kappa shape index (κ3) is 4.62. The molecule has 0 bridgehead atoms. The van der Waals surface area contributed by atoms with Gasteiger partial charge in [-0.05, 0) is 44.5 Å². The second kappa shape index (κ2) is 8.98. The number of rotatable bonds is 7. The Kier molecular flexibility index (Phi) is 6.40. The highest BCUT2D eigenvalue weighted by atomic mass is 16.6. The molecule has 7 heteroatoms. The summed E-state index contributed by atoms with van der Waals surface area (Å²) in [5.74, 6) is 1.31. The van der Waals surface area contributed by atoms with Gasteiger partial charge in [0.1, 0.15) is 17.6 Å². The van der Waals surface area contributed by atoms with Crippen molar-refractivity contribution >= 4 is 17.7 Å². The van der Waals surface area contributed by atoms with E-state index in [0.29, 0.717) is 17.9 Å². The van der Waals surface area contributed by atoms with Crippen LogP contribution < -0.4 is 9.47 Å². The average Bonchev–Trinajstić information content (AvgIpc) is 3.09. The molecule has 0 saturated carbocycles. The molecule has 0 unspecified atom stereocenters. The molecule has 2 atom stereocenters. The van der Waals surface area contributed by atoms with Gasteiger partial charge in [0.25, 0.3) is 5.69 Å². The van der Waals surface area contributed by atoms with E-state index in [1.165, 1.54) is 18.2 Å². The van der Waals surface area contributed by atoms with Gasteiger partial charge in [0.2, 0.25) is 5.91 Å². The van der Waals surface area contributed by atoms with Gasteiger partial charge in [-0.25, -0.2) is 0 Å². The van der Waals surface area contributed by atoms with E-state index >= 15 is 0 Å². The lowest BCUT2D eigenvalue weighted by molar-refractivity contribution is -0.384. The number of ether oxygens (including phenoxy) is 2. The van der Waals surface area contributed by atoms with Gasteiger partial charge in [-0.1, -0.05) is 12.1 Å². The quantitative estimate of drug-likeness (QED) is 0.380. The molecule has 0 spiro atoms. The minimum atomic E-state index is -0.440. The molecule has 1 aliphatic rings. The minimum Gasteiger partial charge on any atom is -0.493 e. The van der Waals surface area contributed by atoms with Crippen LogP contribution in [0.1, 0.15) is 43.5 Å². The highest BCUT2D eigenvalue weighted by Gasteiger charge is 2.22. The van der Waals surface area contributed by atoms with Crippen molar-refractivity contribution < 1.29 is 19.2 Å². The van der Waals surface area contributed by atoms with E-state index < -0.39 is 4.92 Å². The Morgan fingerprint density at radius 1 is 1.40 bits per heavy atom. The van der Waals surface area contributed by atoms with E-state index in [1.54, 1.807) is 30.2 Å². The molecule has 158 valence electrons. The van der Waals surface area contributed by atoms with Crippen LogP contribution in [0, 0.1) is 10.1 Å². The maximum atomic E-state index is 12.7. The van der Waals surface area contributed by atoms with E-state index in [-0.39, 0.29) is 23.7 Å². The summed E-state index contributed by atoms with van der Waals surface area (Å²) in [6, 6.07) is 9.88. The number of fused-ring (bicyclic) bond motifs is 1. The van der Waals surface area contributed by atoms with E-state index in [0.717, 1.165) is 23.3 Å². The molecule has 1 heterocycles. The van der Waals surface area contributed by atoms with Crippen LogP contribution in [-0.4, -0.2) is 35.5 Å².